The zero-order valence-electron chi connectivity index (χ0n) is 15.4. The summed E-state index contributed by atoms with van der Waals surface area (Å²) in [6.45, 7) is 12.9. The predicted molar refractivity (Wildman–Crippen MR) is 93.6 cm³/mol. The van der Waals surface area contributed by atoms with Gasteiger partial charge >= 0.3 is 0 Å². The van der Waals surface area contributed by atoms with Gasteiger partial charge < -0.3 is 4.74 Å². The van der Waals surface area contributed by atoms with Crippen molar-refractivity contribution >= 4 is 0 Å². The molecule has 0 bridgehead atoms. The predicted octanol–water partition coefficient (Wildman–Crippen LogP) is 6.46. The van der Waals surface area contributed by atoms with E-state index >= 15 is 0 Å². The fourth-order valence-electron chi connectivity index (χ4n) is 3.34. The van der Waals surface area contributed by atoms with Crippen molar-refractivity contribution in [2.45, 2.75) is 98.5 Å². The van der Waals surface area contributed by atoms with Gasteiger partial charge in [-0.15, -0.1) is 0 Å². The fraction of sp³-hybridized carbons (Fsp3) is 1.00. The lowest BCUT2D eigenvalue weighted by atomic mass is 9.91. The quantitative estimate of drug-likeness (QED) is 0.355. The molecule has 4 atom stereocenters. The molecule has 1 saturated heterocycles. The van der Waals surface area contributed by atoms with Crippen LogP contribution in [0.3, 0.4) is 0 Å². The highest BCUT2D eigenvalue weighted by Crippen LogP contribution is 2.26. The number of epoxide rings is 1. The first-order chi connectivity index (χ1) is 9.99. The Morgan fingerprint density at radius 3 is 1.57 bits per heavy atom. The molecular weight excluding hydrogens is 256 g/mol. The summed E-state index contributed by atoms with van der Waals surface area (Å²) in [6.07, 6.45) is 13.4. The maximum absolute atomic E-state index is 5.37. The monoisotopic (exact) mass is 296 g/mol. The third kappa shape index (κ3) is 10.3. The van der Waals surface area contributed by atoms with E-state index in [0.29, 0.717) is 6.10 Å². The van der Waals surface area contributed by atoms with E-state index in [2.05, 4.69) is 34.6 Å². The summed E-state index contributed by atoms with van der Waals surface area (Å²) in [6, 6.07) is 0. The van der Waals surface area contributed by atoms with Gasteiger partial charge in [0.15, 0.2) is 0 Å². The average molecular weight is 297 g/mol. The molecule has 0 aliphatic carbocycles. The molecule has 21 heavy (non-hydrogen) atoms. The number of hydrogen-bond donors (Lipinski definition) is 0. The lowest BCUT2D eigenvalue weighted by Crippen LogP contribution is -2.05. The lowest BCUT2D eigenvalue weighted by molar-refractivity contribution is 0.316. The summed E-state index contributed by atoms with van der Waals surface area (Å²) in [5.74, 6) is 3.52. The minimum Gasteiger partial charge on any atom is -0.373 e. The second-order valence-electron chi connectivity index (χ2n) is 8.25. The van der Waals surface area contributed by atoms with Crippen LogP contribution in [-0.4, -0.2) is 12.7 Å². The Labute approximate surface area is 134 Å². The molecule has 0 saturated carbocycles. The summed E-state index contributed by atoms with van der Waals surface area (Å²) in [5.41, 5.74) is 0. The van der Waals surface area contributed by atoms with Gasteiger partial charge in [0.05, 0.1) is 12.7 Å². The van der Waals surface area contributed by atoms with Gasteiger partial charge in [0.2, 0.25) is 0 Å². The first-order valence-electron chi connectivity index (χ1n) is 9.60. The fourth-order valence-corrected chi connectivity index (χ4v) is 3.34. The van der Waals surface area contributed by atoms with Crippen molar-refractivity contribution in [2.75, 3.05) is 6.61 Å². The van der Waals surface area contributed by atoms with Crippen molar-refractivity contribution in [3.05, 3.63) is 0 Å². The zero-order chi connectivity index (χ0) is 15.7. The first kappa shape index (κ1) is 19.0. The lowest BCUT2D eigenvalue weighted by Gasteiger charge is -2.15. The van der Waals surface area contributed by atoms with Crippen molar-refractivity contribution in [1.82, 2.24) is 0 Å². The maximum Gasteiger partial charge on any atom is 0.0835 e. The van der Waals surface area contributed by atoms with Gasteiger partial charge in [0.1, 0.15) is 0 Å². The van der Waals surface area contributed by atoms with Crippen LogP contribution in [0.5, 0.6) is 0 Å². The largest absolute Gasteiger partial charge is 0.373 e. The molecule has 0 radical (unpaired) electrons. The van der Waals surface area contributed by atoms with Crippen LogP contribution in [0.2, 0.25) is 0 Å². The molecule has 0 aromatic rings. The minimum atomic E-state index is 0.604. The molecule has 126 valence electrons. The van der Waals surface area contributed by atoms with E-state index in [1.807, 2.05) is 0 Å². The third-order valence-corrected chi connectivity index (χ3v) is 5.22. The van der Waals surface area contributed by atoms with Crippen LogP contribution < -0.4 is 0 Å². The maximum atomic E-state index is 5.37. The van der Waals surface area contributed by atoms with Gasteiger partial charge in [0, 0.05) is 0 Å². The Bertz CT molecular complexity index is 244. The SMILES string of the molecule is CC(C)CCCC(C)CCCC(C)CCCC(C)C1CO1. The van der Waals surface area contributed by atoms with Gasteiger partial charge in [0.25, 0.3) is 0 Å². The van der Waals surface area contributed by atoms with Crippen LogP contribution in [0, 0.1) is 23.7 Å². The molecule has 1 fully saturated rings. The highest BCUT2D eigenvalue weighted by molar-refractivity contribution is 4.75. The normalized spacial score (nSPS) is 22.3. The van der Waals surface area contributed by atoms with E-state index in [1.54, 1.807) is 0 Å². The van der Waals surface area contributed by atoms with Crippen LogP contribution in [0.1, 0.15) is 92.4 Å². The van der Waals surface area contributed by atoms with E-state index in [1.165, 1.54) is 57.8 Å². The molecule has 1 heterocycles. The molecule has 1 aliphatic rings. The van der Waals surface area contributed by atoms with Crippen molar-refractivity contribution in [3.63, 3.8) is 0 Å². The second kappa shape index (κ2) is 10.6. The van der Waals surface area contributed by atoms with Crippen LogP contribution >= 0.6 is 0 Å². The Morgan fingerprint density at radius 1 is 0.714 bits per heavy atom. The third-order valence-electron chi connectivity index (χ3n) is 5.22. The molecule has 1 rings (SSSR count). The molecule has 4 unspecified atom stereocenters. The van der Waals surface area contributed by atoms with E-state index in [4.69, 9.17) is 4.74 Å². The number of hydrogen-bond acceptors (Lipinski definition) is 1. The van der Waals surface area contributed by atoms with Crippen molar-refractivity contribution in [2.24, 2.45) is 23.7 Å². The van der Waals surface area contributed by atoms with Gasteiger partial charge in [-0.1, -0.05) is 86.0 Å². The molecule has 0 aromatic heterocycles. The Morgan fingerprint density at radius 2 is 1.14 bits per heavy atom. The molecule has 1 nitrogen and oxygen atoms in total. The molecule has 0 N–H and O–H groups in total. The van der Waals surface area contributed by atoms with Crippen molar-refractivity contribution in [1.29, 1.82) is 0 Å². The average Bonchev–Trinajstić information content (AvgIpc) is 3.22. The first-order valence-corrected chi connectivity index (χ1v) is 9.60. The molecular formula is C20H40O. The van der Waals surface area contributed by atoms with Crippen molar-refractivity contribution < 1.29 is 4.74 Å². The van der Waals surface area contributed by atoms with E-state index < -0.39 is 0 Å². The van der Waals surface area contributed by atoms with Crippen LogP contribution in [0.25, 0.3) is 0 Å². The number of rotatable bonds is 13. The Balaban J connectivity index is 1.90. The van der Waals surface area contributed by atoms with Crippen molar-refractivity contribution in [3.8, 4) is 0 Å². The minimum absolute atomic E-state index is 0.604. The smallest absolute Gasteiger partial charge is 0.0835 e. The summed E-state index contributed by atoms with van der Waals surface area (Å²) >= 11 is 0. The summed E-state index contributed by atoms with van der Waals surface area (Å²) in [4.78, 5) is 0. The molecule has 0 amide bonds. The Hall–Kier alpha value is -0.0400. The highest BCUT2D eigenvalue weighted by atomic mass is 16.6. The zero-order valence-corrected chi connectivity index (χ0v) is 15.4. The summed E-state index contributed by atoms with van der Waals surface area (Å²) < 4.78 is 5.37. The molecule has 0 spiro atoms. The highest BCUT2D eigenvalue weighted by Gasteiger charge is 2.28. The van der Waals surface area contributed by atoms with Gasteiger partial charge in [-0.2, -0.15) is 0 Å². The van der Waals surface area contributed by atoms with Crippen LogP contribution in [0.15, 0.2) is 0 Å². The van der Waals surface area contributed by atoms with Crippen LogP contribution in [0.4, 0.5) is 0 Å². The second-order valence-corrected chi connectivity index (χ2v) is 8.25. The van der Waals surface area contributed by atoms with Gasteiger partial charge in [-0.25, -0.2) is 0 Å². The molecule has 1 heteroatoms. The van der Waals surface area contributed by atoms with Gasteiger partial charge in [-0.05, 0) is 30.1 Å². The molecule has 1 aliphatic heterocycles. The Kier molecular flexibility index (Phi) is 9.64. The van der Waals surface area contributed by atoms with E-state index in [0.717, 1.165) is 30.3 Å². The number of ether oxygens (including phenoxy) is 1. The van der Waals surface area contributed by atoms with Crippen LogP contribution in [-0.2, 0) is 4.74 Å². The van der Waals surface area contributed by atoms with Gasteiger partial charge in [-0.3, -0.25) is 0 Å². The van der Waals surface area contributed by atoms with E-state index in [9.17, 15) is 0 Å². The topological polar surface area (TPSA) is 12.5 Å². The summed E-state index contributed by atoms with van der Waals surface area (Å²) in [7, 11) is 0. The summed E-state index contributed by atoms with van der Waals surface area (Å²) in [5, 5.41) is 0. The standard InChI is InChI=1S/C20H40O/c1-16(2)9-6-10-17(3)11-7-12-18(4)13-8-14-19(5)20-15-21-20/h16-20H,6-15H2,1-5H3. The molecule has 0 aromatic carbocycles. The van der Waals surface area contributed by atoms with E-state index in [-0.39, 0.29) is 0 Å².